The van der Waals surface area contributed by atoms with Gasteiger partial charge in [-0.15, -0.1) is 0 Å². The van der Waals surface area contributed by atoms with Crippen LogP contribution in [0.15, 0.2) is 63.2 Å². The van der Waals surface area contributed by atoms with E-state index in [1.807, 2.05) is 6.07 Å². The van der Waals surface area contributed by atoms with Crippen molar-refractivity contribution in [3.8, 4) is 11.4 Å². The van der Waals surface area contributed by atoms with Crippen LogP contribution in [0.4, 0.5) is 0 Å². The molecule has 11 heteroatoms. The second kappa shape index (κ2) is 9.04. The Hall–Kier alpha value is -3.60. The number of aromatic nitrogens is 3. The number of esters is 1. The number of carbonyl (C=O) groups excluding carboxylic acids is 1. The molecule has 0 amide bonds. The van der Waals surface area contributed by atoms with Crippen LogP contribution in [0.25, 0.3) is 11.4 Å². The molecule has 3 heterocycles. The van der Waals surface area contributed by atoms with Gasteiger partial charge in [0.2, 0.25) is 11.7 Å². The predicted molar refractivity (Wildman–Crippen MR) is 110 cm³/mol. The number of amidine groups is 1. The Morgan fingerprint density at radius 1 is 1.19 bits per heavy atom. The minimum Gasteiger partial charge on any atom is -0.466 e. The van der Waals surface area contributed by atoms with Crippen molar-refractivity contribution in [3.63, 3.8) is 0 Å². The summed E-state index contributed by atoms with van der Waals surface area (Å²) < 4.78 is 36.8. The van der Waals surface area contributed by atoms with E-state index in [1.165, 1.54) is 6.07 Å². The van der Waals surface area contributed by atoms with Gasteiger partial charge in [0.05, 0.1) is 24.5 Å². The van der Waals surface area contributed by atoms with Crippen molar-refractivity contribution in [2.24, 2.45) is 4.99 Å². The van der Waals surface area contributed by atoms with E-state index >= 15 is 0 Å². The van der Waals surface area contributed by atoms with Crippen LogP contribution in [-0.2, 0) is 26.0 Å². The quantitative estimate of drug-likeness (QED) is 0.412. The lowest BCUT2D eigenvalue weighted by Gasteiger charge is -2.03. The summed E-state index contributed by atoms with van der Waals surface area (Å²) in [4.78, 5) is 24.6. The second-order valence-electron chi connectivity index (χ2n) is 6.66. The van der Waals surface area contributed by atoms with Gasteiger partial charge in [-0.2, -0.15) is 4.98 Å². The summed E-state index contributed by atoms with van der Waals surface area (Å²) in [5.74, 6) is 0.737. The molecule has 0 radical (unpaired) electrons. The molecule has 1 N–H and O–H groups in total. The fraction of sp³-hybridized carbons (Fsp3) is 0.250. The minimum atomic E-state index is -3.59. The lowest BCUT2D eigenvalue weighted by molar-refractivity contribution is -0.143. The van der Waals surface area contributed by atoms with E-state index in [-0.39, 0.29) is 30.3 Å². The summed E-state index contributed by atoms with van der Waals surface area (Å²) in [6, 6.07) is 10.2. The molecule has 3 aromatic rings. The maximum absolute atomic E-state index is 12.0. The average molecular weight is 441 g/mol. The molecule has 2 aromatic heterocycles. The van der Waals surface area contributed by atoms with Gasteiger partial charge in [-0.1, -0.05) is 17.3 Å². The van der Waals surface area contributed by atoms with Gasteiger partial charge in [-0.05, 0) is 30.7 Å². The maximum atomic E-state index is 12.0. The first-order chi connectivity index (χ1) is 15.0. The minimum absolute atomic E-state index is 0.0408. The lowest BCUT2D eigenvalue weighted by atomic mass is 10.2. The Kier molecular flexibility index (Phi) is 6.03. The summed E-state index contributed by atoms with van der Waals surface area (Å²) in [6.07, 6.45) is 4.35. The number of hydrogen-bond donors (Lipinski definition) is 1. The predicted octanol–water partition coefficient (Wildman–Crippen LogP) is 1.74. The molecule has 0 spiro atoms. The van der Waals surface area contributed by atoms with Gasteiger partial charge in [0.25, 0.3) is 10.0 Å². The Morgan fingerprint density at radius 3 is 2.90 bits per heavy atom. The van der Waals surface area contributed by atoms with Gasteiger partial charge in [0.15, 0.2) is 0 Å². The molecule has 1 aliphatic rings. The topological polar surface area (TPSA) is 137 Å². The highest BCUT2D eigenvalue weighted by molar-refractivity contribution is 7.90. The number of fused-ring (bicyclic) bond motifs is 1. The van der Waals surface area contributed by atoms with Crippen molar-refractivity contribution < 1.29 is 22.5 Å². The molecule has 0 atom stereocenters. The van der Waals surface area contributed by atoms with Crippen molar-refractivity contribution in [3.05, 3.63) is 60.2 Å². The van der Waals surface area contributed by atoms with Crippen LogP contribution in [0.1, 0.15) is 24.3 Å². The van der Waals surface area contributed by atoms with Crippen molar-refractivity contribution in [1.82, 2.24) is 19.8 Å². The highest BCUT2D eigenvalue weighted by Crippen LogP contribution is 2.22. The van der Waals surface area contributed by atoms with Crippen molar-refractivity contribution in [2.45, 2.75) is 24.2 Å². The fourth-order valence-corrected chi connectivity index (χ4v) is 4.21. The van der Waals surface area contributed by atoms with E-state index in [0.717, 1.165) is 5.56 Å². The number of aliphatic imine (C=N–C) groups is 1. The number of benzene rings is 1. The molecule has 160 valence electrons. The molecule has 1 aliphatic heterocycles. The molecule has 0 saturated heterocycles. The number of aryl methyl sites for hydroxylation is 1. The molecule has 10 nitrogen and oxygen atoms in total. The lowest BCUT2D eigenvalue weighted by Crippen LogP contribution is -2.22. The monoisotopic (exact) mass is 441 g/mol. The number of carbonyl (C=O) groups is 1. The molecule has 0 fully saturated rings. The second-order valence-corrected chi connectivity index (χ2v) is 8.31. The van der Waals surface area contributed by atoms with Crippen molar-refractivity contribution >= 4 is 21.8 Å². The number of nitrogens with one attached hydrogen (secondary N) is 1. The number of hydrogen-bond acceptors (Lipinski definition) is 9. The van der Waals surface area contributed by atoms with Crippen LogP contribution in [0.5, 0.6) is 0 Å². The summed E-state index contributed by atoms with van der Waals surface area (Å²) in [5.41, 5.74) is 1.26. The van der Waals surface area contributed by atoms with E-state index < -0.39 is 16.0 Å². The van der Waals surface area contributed by atoms with Crippen LogP contribution in [0, 0.1) is 0 Å². The van der Waals surface area contributed by atoms with Crippen LogP contribution in [0.3, 0.4) is 0 Å². The van der Waals surface area contributed by atoms with E-state index in [4.69, 9.17) is 9.26 Å². The summed E-state index contributed by atoms with van der Waals surface area (Å²) >= 11 is 0. The van der Waals surface area contributed by atoms with Crippen molar-refractivity contribution in [1.29, 1.82) is 0 Å². The Morgan fingerprint density at radius 2 is 2.06 bits per heavy atom. The van der Waals surface area contributed by atoms with Crippen LogP contribution in [-0.4, -0.2) is 48.5 Å². The third kappa shape index (κ3) is 4.94. The number of rotatable bonds is 8. The first kappa shape index (κ1) is 20.7. The summed E-state index contributed by atoms with van der Waals surface area (Å²) in [5, 5.41) is 3.91. The van der Waals surface area contributed by atoms with Gasteiger partial charge in [-0.3, -0.25) is 19.5 Å². The SMILES string of the molecule is O=C(CCN=C1NS(=O)(=O)c2ccccc21)OCCCc1nc(-c2cccnc2)no1. The highest BCUT2D eigenvalue weighted by Gasteiger charge is 2.29. The maximum Gasteiger partial charge on any atom is 0.307 e. The van der Waals surface area contributed by atoms with Crippen LogP contribution < -0.4 is 4.72 Å². The molecule has 0 bridgehead atoms. The standard InChI is InChI=1S/C20H19N5O5S/c26-18(9-11-22-20-15-6-1-2-7-16(15)31(27,28)25-20)29-12-4-8-17-23-19(24-30-17)14-5-3-10-21-13-14/h1-3,5-7,10,13H,4,8-9,11-12H2,(H,22,25). The Labute approximate surface area is 178 Å². The smallest absolute Gasteiger partial charge is 0.307 e. The highest BCUT2D eigenvalue weighted by atomic mass is 32.2. The zero-order valence-electron chi connectivity index (χ0n) is 16.4. The Balaban J connectivity index is 1.20. The normalized spacial score (nSPS) is 15.4. The van der Waals surface area contributed by atoms with Gasteiger partial charge >= 0.3 is 5.97 Å². The average Bonchev–Trinajstić information content (AvgIpc) is 3.35. The number of sulfonamides is 1. The molecule has 0 unspecified atom stereocenters. The third-order valence-electron chi connectivity index (χ3n) is 4.43. The number of pyridine rings is 1. The zero-order chi connectivity index (χ0) is 21.7. The molecule has 0 saturated carbocycles. The number of ether oxygens (including phenoxy) is 1. The van der Waals surface area contributed by atoms with Gasteiger partial charge in [0.1, 0.15) is 5.84 Å². The van der Waals surface area contributed by atoms with Crippen molar-refractivity contribution in [2.75, 3.05) is 13.2 Å². The van der Waals surface area contributed by atoms with Gasteiger partial charge < -0.3 is 9.26 Å². The molecule has 31 heavy (non-hydrogen) atoms. The van der Waals surface area contributed by atoms with Crippen LogP contribution >= 0.6 is 0 Å². The molecule has 4 rings (SSSR count). The summed E-state index contributed by atoms with van der Waals surface area (Å²) in [6.45, 7) is 0.318. The first-order valence-electron chi connectivity index (χ1n) is 9.58. The van der Waals surface area contributed by atoms with E-state index in [2.05, 4.69) is 24.8 Å². The molecule has 1 aromatic carbocycles. The van der Waals surface area contributed by atoms with Crippen LogP contribution in [0.2, 0.25) is 0 Å². The van der Waals surface area contributed by atoms with E-state index in [0.29, 0.717) is 30.1 Å². The molecular weight excluding hydrogens is 422 g/mol. The summed E-state index contributed by atoms with van der Waals surface area (Å²) in [7, 11) is -3.59. The van der Waals surface area contributed by atoms with Gasteiger partial charge in [0, 0.05) is 29.9 Å². The van der Waals surface area contributed by atoms with E-state index in [9.17, 15) is 13.2 Å². The largest absolute Gasteiger partial charge is 0.466 e. The van der Waals surface area contributed by atoms with E-state index in [1.54, 1.807) is 36.7 Å². The number of nitrogens with zero attached hydrogens (tertiary/aromatic N) is 4. The fourth-order valence-electron chi connectivity index (χ4n) is 2.96. The zero-order valence-corrected chi connectivity index (χ0v) is 17.2. The Bertz CT molecular complexity index is 1210. The van der Waals surface area contributed by atoms with Gasteiger partial charge in [-0.25, -0.2) is 8.42 Å². The first-order valence-corrected chi connectivity index (χ1v) is 11.1. The molecule has 0 aliphatic carbocycles. The third-order valence-corrected chi connectivity index (χ3v) is 5.83. The molecular formula is C20H19N5O5S.